The molecule has 0 saturated carbocycles. The monoisotopic (exact) mass is 596 g/mol. The van der Waals surface area contributed by atoms with Gasteiger partial charge in [-0.15, -0.1) is 23.2 Å². The molecule has 1 N–H and O–H groups in total. The van der Waals surface area contributed by atoms with Gasteiger partial charge in [0.05, 0.1) is 11.8 Å². The highest BCUT2D eigenvalue weighted by Crippen LogP contribution is 2.69. The Bertz CT molecular complexity index is 1670. The summed E-state index contributed by atoms with van der Waals surface area (Å²) in [7, 11) is 0. The van der Waals surface area contributed by atoms with Crippen molar-refractivity contribution in [1.29, 1.82) is 0 Å². The Kier molecular flexibility index (Phi) is 6.02. The molecule has 210 valence electrons. The molecule has 3 atom stereocenters. The minimum atomic E-state index is -1.29. The zero-order valence-corrected chi connectivity index (χ0v) is 24.3. The number of ether oxygens (including phenoxy) is 1. The van der Waals surface area contributed by atoms with Crippen LogP contribution in [-0.4, -0.2) is 28.7 Å². The summed E-state index contributed by atoms with van der Waals surface area (Å²) >= 11 is 14.9. The lowest BCUT2D eigenvalue weighted by Crippen LogP contribution is -2.57. The lowest BCUT2D eigenvalue weighted by molar-refractivity contribution is -0.146. The van der Waals surface area contributed by atoms with Crippen LogP contribution >= 0.6 is 23.2 Å². The summed E-state index contributed by atoms with van der Waals surface area (Å²) in [4.78, 5) is 40.1. The van der Waals surface area contributed by atoms with Gasteiger partial charge < -0.3 is 10.1 Å². The van der Waals surface area contributed by atoms with Gasteiger partial charge >= 0.3 is 0 Å². The summed E-state index contributed by atoms with van der Waals surface area (Å²) in [6, 6.07) is 28.4. The topological polar surface area (TPSA) is 75.7 Å². The average Bonchev–Trinajstić information content (AvgIpc) is 3.28. The van der Waals surface area contributed by atoms with Crippen molar-refractivity contribution in [1.82, 2.24) is 4.90 Å². The van der Waals surface area contributed by atoms with Gasteiger partial charge in [-0.3, -0.25) is 19.3 Å². The van der Waals surface area contributed by atoms with Crippen molar-refractivity contribution >= 4 is 46.6 Å². The normalized spacial score (nSPS) is 25.9. The average molecular weight is 597 g/mol. The first-order chi connectivity index (χ1) is 20.2. The summed E-state index contributed by atoms with van der Waals surface area (Å²) in [5, 5.41) is 2.83. The number of likely N-dealkylation sites (tertiary alicyclic amines) is 1. The summed E-state index contributed by atoms with van der Waals surface area (Å²) < 4.78 is 5.94. The third-order valence-electron chi connectivity index (χ3n) is 8.83. The third-order valence-corrected chi connectivity index (χ3v) is 10.1. The van der Waals surface area contributed by atoms with E-state index in [2.05, 4.69) is 5.32 Å². The Hall–Kier alpha value is -4.13. The van der Waals surface area contributed by atoms with E-state index in [9.17, 15) is 14.4 Å². The van der Waals surface area contributed by atoms with Crippen LogP contribution in [-0.2, 0) is 24.1 Å². The highest BCUT2D eigenvalue weighted by molar-refractivity contribution is 6.36. The number of alkyl halides is 2. The van der Waals surface area contributed by atoms with Gasteiger partial charge in [0.25, 0.3) is 0 Å². The highest BCUT2D eigenvalue weighted by Gasteiger charge is 2.73. The number of hydrogen-bond donors (Lipinski definition) is 1. The number of benzene rings is 4. The molecule has 0 spiro atoms. The van der Waals surface area contributed by atoms with Gasteiger partial charge in [0.1, 0.15) is 27.3 Å². The van der Waals surface area contributed by atoms with Crippen molar-refractivity contribution in [2.24, 2.45) is 11.8 Å². The van der Waals surface area contributed by atoms with Gasteiger partial charge in [0, 0.05) is 5.69 Å². The molecule has 1 heterocycles. The molecular formula is C34H26Cl2N2O4. The Balaban J connectivity index is 1.17. The number of rotatable bonds is 5. The summed E-state index contributed by atoms with van der Waals surface area (Å²) in [6.45, 7) is 3.51. The number of imide groups is 1. The van der Waals surface area contributed by atoms with E-state index in [0.717, 1.165) is 38.5 Å². The maximum atomic E-state index is 14.1. The van der Waals surface area contributed by atoms with Crippen LogP contribution in [0.25, 0.3) is 0 Å². The van der Waals surface area contributed by atoms with E-state index < -0.39 is 45.3 Å². The summed E-state index contributed by atoms with van der Waals surface area (Å²) in [5.41, 5.74) is 4.37. The fraction of sp³-hybridized carbons (Fsp3) is 0.206. The number of carbonyl (C=O) groups excluding carboxylic acids is 3. The largest absolute Gasteiger partial charge is 0.457 e. The molecule has 4 aliphatic rings. The van der Waals surface area contributed by atoms with Gasteiger partial charge in [0.15, 0.2) is 0 Å². The fourth-order valence-corrected chi connectivity index (χ4v) is 7.94. The van der Waals surface area contributed by atoms with Crippen LogP contribution in [0.2, 0.25) is 0 Å². The molecule has 0 unspecified atom stereocenters. The maximum Gasteiger partial charge on any atom is 0.247 e. The van der Waals surface area contributed by atoms with E-state index in [4.69, 9.17) is 27.9 Å². The number of nitrogens with one attached hydrogen (secondary N) is 1. The molecule has 2 bridgehead atoms. The fourth-order valence-electron chi connectivity index (χ4n) is 6.84. The number of aryl methyl sites for hydroxylation is 1. The van der Waals surface area contributed by atoms with E-state index in [-0.39, 0.29) is 0 Å². The molecule has 8 rings (SSSR count). The second kappa shape index (κ2) is 9.45. The first kappa shape index (κ1) is 26.7. The van der Waals surface area contributed by atoms with Crippen molar-refractivity contribution in [3.8, 4) is 11.5 Å². The minimum absolute atomic E-state index is 0.501. The molecule has 1 saturated heterocycles. The third kappa shape index (κ3) is 3.55. The zero-order chi connectivity index (χ0) is 29.4. The first-order valence-electron chi connectivity index (χ1n) is 13.8. The van der Waals surface area contributed by atoms with Crippen LogP contribution in [0.5, 0.6) is 11.5 Å². The second-order valence-corrected chi connectivity index (χ2v) is 12.3. The van der Waals surface area contributed by atoms with E-state index in [1.54, 1.807) is 31.2 Å². The lowest BCUT2D eigenvalue weighted by Gasteiger charge is -2.54. The van der Waals surface area contributed by atoms with E-state index in [0.29, 0.717) is 11.4 Å². The summed E-state index contributed by atoms with van der Waals surface area (Å²) in [5.74, 6) is -2.07. The number of hydrogen-bond acceptors (Lipinski definition) is 4. The quantitative estimate of drug-likeness (QED) is 0.205. The standard InChI is InChI=1S/C34H26Cl2N2O4/c1-19-9-3-8-14-27(19)42-22-17-15-21(16-18-22)37-30(39)20(2)38-31(40)28-29(32(38)41)34(36)24-11-5-4-10-23(24)33(28,35)25-12-6-7-13-26(25)34/h3-18,20,28-29H,1-2H3,(H,37,39)/t20-,28-,29+,33?,34?/m0/s1. The van der Waals surface area contributed by atoms with Crippen LogP contribution in [0.3, 0.4) is 0 Å². The SMILES string of the molecule is Cc1ccccc1Oc1ccc(NC(=O)[C@H](C)N2C(=O)[C@@H]3[C@H](C2=O)C2(Cl)c4ccccc4C3(Cl)c3ccccc32)cc1. The zero-order valence-electron chi connectivity index (χ0n) is 22.8. The molecule has 1 aliphatic heterocycles. The number of anilines is 1. The van der Waals surface area contributed by atoms with Gasteiger partial charge in [-0.2, -0.15) is 0 Å². The molecular weight excluding hydrogens is 571 g/mol. The van der Waals surface area contributed by atoms with Gasteiger partial charge in [-0.25, -0.2) is 0 Å². The second-order valence-electron chi connectivity index (χ2n) is 11.1. The molecule has 0 radical (unpaired) electrons. The first-order valence-corrected chi connectivity index (χ1v) is 14.5. The van der Waals surface area contributed by atoms with E-state index in [1.807, 2.05) is 79.7 Å². The van der Waals surface area contributed by atoms with Gasteiger partial charge in [-0.1, -0.05) is 66.7 Å². The van der Waals surface area contributed by atoms with Crippen molar-refractivity contribution in [2.75, 3.05) is 5.32 Å². The smallest absolute Gasteiger partial charge is 0.247 e. The van der Waals surface area contributed by atoms with E-state index >= 15 is 0 Å². The lowest BCUT2D eigenvalue weighted by atomic mass is 9.54. The Labute approximate surface area is 253 Å². The van der Waals surface area contributed by atoms with E-state index in [1.165, 1.54) is 0 Å². The van der Waals surface area contributed by atoms with Gasteiger partial charge in [-0.05, 0) is 72.0 Å². The molecule has 42 heavy (non-hydrogen) atoms. The molecule has 1 fully saturated rings. The van der Waals surface area contributed by atoms with Crippen molar-refractivity contribution in [2.45, 2.75) is 29.6 Å². The van der Waals surface area contributed by atoms with Crippen molar-refractivity contribution in [3.63, 3.8) is 0 Å². The number of carbonyl (C=O) groups is 3. The molecule has 3 aliphatic carbocycles. The molecule has 3 amide bonds. The van der Waals surface area contributed by atoms with Crippen LogP contribution in [0.4, 0.5) is 5.69 Å². The predicted octanol–water partition coefficient (Wildman–Crippen LogP) is 6.71. The molecule has 4 aromatic rings. The maximum absolute atomic E-state index is 14.1. The number of amides is 3. The number of halogens is 2. The number of nitrogens with zero attached hydrogens (tertiary/aromatic N) is 1. The molecule has 8 heteroatoms. The van der Waals surface area contributed by atoms with Crippen molar-refractivity contribution in [3.05, 3.63) is 125 Å². The minimum Gasteiger partial charge on any atom is -0.457 e. The predicted molar refractivity (Wildman–Crippen MR) is 161 cm³/mol. The molecule has 6 nitrogen and oxygen atoms in total. The van der Waals surface area contributed by atoms with Crippen LogP contribution in [0, 0.1) is 18.8 Å². The highest BCUT2D eigenvalue weighted by atomic mass is 35.5. The Morgan fingerprint density at radius 3 is 1.69 bits per heavy atom. The molecule has 0 aromatic heterocycles. The molecule has 4 aromatic carbocycles. The summed E-state index contributed by atoms with van der Waals surface area (Å²) in [6.07, 6.45) is 0. The van der Waals surface area contributed by atoms with Crippen molar-refractivity contribution < 1.29 is 19.1 Å². The Morgan fingerprint density at radius 1 is 0.762 bits per heavy atom. The van der Waals surface area contributed by atoms with Crippen LogP contribution in [0.1, 0.15) is 34.7 Å². The Morgan fingerprint density at radius 2 is 1.21 bits per heavy atom. The van der Waals surface area contributed by atoms with Crippen LogP contribution < -0.4 is 10.1 Å². The van der Waals surface area contributed by atoms with Gasteiger partial charge in [0.2, 0.25) is 17.7 Å². The number of para-hydroxylation sites is 1. The van der Waals surface area contributed by atoms with Crippen LogP contribution in [0.15, 0.2) is 97.1 Å².